The fourth-order valence-electron chi connectivity index (χ4n) is 2.27. The van der Waals surface area contributed by atoms with Crippen molar-refractivity contribution < 1.29 is 24.2 Å². The molecule has 0 saturated carbocycles. The number of aliphatic carboxylic acids is 1. The first kappa shape index (κ1) is 19.0. The highest BCUT2D eigenvalue weighted by Gasteiger charge is 2.31. The first-order valence-corrected chi connectivity index (χ1v) is 7.72. The lowest BCUT2D eigenvalue weighted by Gasteiger charge is -2.31. The van der Waals surface area contributed by atoms with Crippen LogP contribution in [0.1, 0.15) is 43.5 Å². The van der Waals surface area contributed by atoms with Gasteiger partial charge >= 0.3 is 5.97 Å². The summed E-state index contributed by atoms with van der Waals surface area (Å²) in [6.07, 6.45) is 1.02. The lowest BCUT2D eigenvalue weighted by molar-refractivity contribution is -0.138. The maximum atomic E-state index is 12.4. The van der Waals surface area contributed by atoms with Crippen LogP contribution in [0.4, 0.5) is 0 Å². The topological polar surface area (TPSA) is 84.9 Å². The summed E-state index contributed by atoms with van der Waals surface area (Å²) in [5.74, 6) is -0.546. The van der Waals surface area contributed by atoms with Crippen molar-refractivity contribution in [1.82, 2.24) is 5.32 Å². The third-order valence-corrected chi connectivity index (χ3v) is 3.89. The molecule has 128 valence electrons. The van der Waals surface area contributed by atoms with Crippen molar-refractivity contribution in [2.45, 2.75) is 38.6 Å². The summed E-state index contributed by atoms with van der Waals surface area (Å²) in [4.78, 5) is 23.4. The Kier molecular flexibility index (Phi) is 7.54. The molecule has 6 heteroatoms. The summed E-state index contributed by atoms with van der Waals surface area (Å²) in [5.41, 5.74) is -0.253. The quantitative estimate of drug-likeness (QED) is 0.646. The highest BCUT2D eigenvalue weighted by Crippen LogP contribution is 2.21. The second-order valence-electron chi connectivity index (χ2n) is 5.38. The maximum absolute atomic E-state index is 12.4. The number of hydrogen-bond acceptors (Lipinski definition) is 4. The molecule has 2 N–H and O–H groups in total. The number of amides is 1. The molecule has 0 radical (unpaired) electrons. The van der Waals surface area contributed by atoms with Gasteiger partial charge in [0.25, 0.3) is 5.91 Å². The fraction of sp³-hybridized carbons (Fsp3) is 0.529. The molecule has 0 aliphatic carbocycles. The van der Waals surface area contributed by atoms with E-state index >= 15 is 0 Å². The van der Waals surface area contributed by atoms with Gasteiger partial charge in [-0.3, -0.25) is 9.59 Å². The Balaban J connectivity index is 2.74. The van der Waals surface area contributed by atoms with Gasteiger partial charge in [0.2, 0.25) is 0 Å². The van der Waals surface area contributed by atoms with E-state index in [1.165, 1.54) is 0 Å². The standard InChI is InChI=1S/C17H25NO5/c1-4-17(5-2,12-15(19)20)18-16(21)13-6-8-14(9-7-13)23-11-10-22-3/h6-9H,4-5,10-12H2,1-3H3,(H,18,21)(H,19,20). The van der Waals surface area contributed by atoms with Crippen LogP contribution in [0, 0.1) is 0 Å². The van der Waals surface area contributed by atoms with E-state index < -0.39 is 11.5 Å². The van der Waals surface area contributed by atoms with Gasteiger partial charge in [-0.15, -0.1) is 0 Å². The Morgan fingerprint density at radius 3 is 2.22 bits per heavy atom. The summed E-state index contributed by atoms with van der Waals surface area (Å²) in [7, 11) is 1.60. The minimum Gasteiger partial charge on any atom is -0.491 e. The average Bonchev–Trinajstić information content (AvgIpc) is 2.54. The summed E-state index contributed by atoms with van der Waals surface area (Å²) in [6, 6.07) is 6.74. The number of carboxylic acid groups (broad SMARTS) is 1. The molecule has 0 heterocycles. The summed E-state index contributed by atoms with van der Waals surface area (Å²) < 4.78 is 10.3. The Labute approximate surface area is 136 Å². The van der Waals surface area contributed by atoms with Crippen molar-refractivity contribution in [3.63, 3.8) is 0 Å². The number of nitrogens with one attached hydrogen (secondary N) is 1. The van der Waals surface area contributed by atoms with Crippen molar-refractivity contribution in [2.75, 3.05) is 20.3 Å². The predicted octanol–water partition coefficient (Wildman–Crippen LogP) is 2.48. The largest absolute Gasteiger partial charge is 0.491 e. The maximum Gasteiger partial charge on any atom is 0.305 e. The van der Waals surface area contributed by atoms with Crippen LogP contribution in [0.5, 0.6) is 5.75 Å². The van der Waals surface area contributed by atoms with Crippen LogP contribution in [-0.2, 0) is 9.53 Å². The minimum atomic E-state index is -0.920. The molecule has 0 saturated heterocycles. The average molecular weight is 323 g/mol. The summed E-state index contributed by atoms with van der Waals surface area (Å²) in [5, 5.41) is 11.9. The van der Waals surface area contributed by atoms with Gasteiger partial charge in [-0.2, -0.15) is 0 Å². The molecule has 1 aromatic carbocycles. The molecular weight excluding hydrogens is 298 g/mol. The van der Waals surface area contributed by atoms with Gasteiger partial charge in [0, 0.05) is 12.7 Å². The van der Waals surface area contributed by atoms with Gasteiger partial charge in [-0.25, -0.2) is 0 Å². The van der Waals surface area contributed by atoms with E-state index in [1.54, 1.807) is 31.4 Å². The molecular formula is C17H25NO5. The van der Waals surface area contributed by atoms with E-state index in [4.69, 9.17) is 14.6 Å². The predicted molar refractivity (Wildman–Crippen MR) is 86.8 cm³/mol. The van der Waals surface area contributed by atoms with E-state index in [9.17, 15) is 9.59 Å². The smallest absolute Gasteiger partial charge is 0.305 e. The second-order valence-corrected chi connectivity index (χ2v) is 5.38. The molecule has 23 heavy (non-hydrogen) atoms. The van der Waals surface area contributed by atoms with Gasteiger partial charge in [0.1, 0.15) is 12.4 Å². The molecule has 1 rings (SSSR count). The van der Waals surface area contributed by atoms with Crippen molar-refractivity contribution in [3.05, 3.63) is 29.8 Å². The van der Waals surface area contributed by atoms with Crippen molar-refractivity contribution >= 4 is 11.9 Å². The molecule has 0 fully saturated rings. The molecule has 0 spiro atoms. The van der Waals surface area contributed by atoms with E-state index in [0.29, 0.717) is 37.4 Å². The zero-order valence-corrected chi connectivity index (χ0v) is 13.9. The zero-order chi connectivity index (χ0) is 17.3. The number of hydrogen-bond donors (Lipinski definition) is 2. The SMILES string of the molecule is CCC(CC)(CC(=O)O)NC(=O)c1ccc(OCCOC)cc1. The number of ether oxygens (including phenoxy) is 2. The van der Waals surface area contributed by atoms with Crippen molar-refractivity contribution in [3.8, 4) is 5.75 Å². The number of rotatable bonds is 10. The van der Waals surface area contributed by atoms with Crippen molar-refractivity contribution in [1.29, 1.82) is 0 Å². The van der Waals surface area contributed by atoms with Gasteiger partial charge in [-0.05, 0) is 37.1 Å². The fourth-order valence-corrected chi connectivity index (χ4v) is 2.27. The zero-order valence-electron chi connectivity index (χ0n) is 13.9. The third-order valence-electron chi connectivity index (χ3n) is 3.89. The van der Waals surface area contributed by atoms with Crippen LogP contribution >= 0.6 is 0 Å². The molecule has 0 unspecified atom stereocenters. The number of carboxylic acids is 1. The number of carbonyl (C=O) groups is 2. The molecule has 0 atom stereocenters. The molecule has 1 aromatic rings. The minimum absolute atomic E-state index is 0.0933. The normalized spacial score (nSPS) is 11.1. The summed E-state index contributed by atoms with van der Waals surface area (Å²) in [6.45, 7) is 4.68. The Morgan fingerprint density at radius 1 is 1.13 bits per heavy atom. The second kappa shape index (κ2) is 9.15. The lowest BCUT2D eigenvalue weighted by Crippen LogP contribution is -2.49. The van der Waals surface area contributed by atoms with Crippen LogP contribution in [0.15, 0.2) is 24.3 Å². The highest BCUT2D eigenvalue weighted by molar-refractivity contribution is 5.95. The Bertz CT molecular complexity index is 508. The molecule has 0 aliphatic rings. The molecule has 0 aromatic heterocycles. The number of methoxy groups -OCH3 is 1. The van der Waals surface area contributed by atoms with Gasteiger partial charge in [-0.1, -0.05) is 13.8 Å². The molecule has 0 bridgehead atoms. The first-order valence-electron chi connectivity index (χ1n) is 7.72. The molecule has 1 amide bonds. The Hall–Kier alpha value is -2.08. The van der Waals surface area contributed by atoms with Crippen molar-refractivity contribution in [2.24, 2.45) is 0 Å². The van der Waals surface area contributed by atoms with Crippen LogP contribution in [-0.4, -0.2) is 42.8 Å². The molecule has 0 aliphatic heterocycles. The summed E-state index contributed by atoms with van der Waals surface area (Å²) >= 11 is 0. The number of benzene rings is 1. The lowest BCUT2D eigenvalue weighted by atomic mass is 9.88. The van der Waals surface area contributed by atoms with E-state index in [2.05, 4.69) is 5.32 Å². The highest BCUT2D eigenvalue weighted by atomic mass is 16.5. The van der Waals surface area contributed by atoms with E-state index in [-0.39, 0.29) is 12.3 Å². The first-order chi connectivity index (χ1) is 11.0. The van der Waals surface area contributed by atoms with Crippen LogP contribution < -0.4 is 10.1 Å². The van der Waals surface area contributed by atoms with Gasteiger partial charge in [0.15, 0.2) is 0 Å². The van der Waals surface area contributed by atoms with Crippen LogP contribution in [0.3, 0.4) is 0 Å². The van der Waals surface area contributed by atoms with E-state index in [0.717, 1.165) is 0 Å². The van der Waals surface area contributed by atoms with Gasteiger partial charge < -0.3 is 19.9 Å². The third kappa shape index (κ3) is 5.90. The van der Waals surface area contributed by atoms with Gasteiger partial charge in [0.05, 0.1) is 18.6 Å². The van der Waals surface area contributed by atoms with Crippen LogP contribution in [0.25, 0.3) is 0 Å². The Morgan fingerprint density at radius 2 is 1.74 bits per heavy atom. The molecule has 6 nitrogen and oxygen atoms in total. The number of carbonyl (C=O) groups excluding carboxylic acids is 1. The van der Waals surface area contributed by atoms with E-state index in [1.807, 2.05) is 13.8 Å². The monoisotopic (exact) mass is 323 g/mol. The van der Waals surface area contributed by atoms with Crippen LogP contribution in [0.2, 0.25) is 0 Å².